The lowest BCUT2D eigenvalue weighted by atomic mass is 9.97. The van der Waals surface area contributed by atoms with Crippen LogP contribution in [-0.2, 0) is 4.74 Å². The molecule has 1 saturated heterocycles. The maximum absolute atomic E-state index is 11.8. The van der Waals surface area contributed by atoms with Gasteiger partial charge < -0.3 is 14.4 Å². The molecule has 0 unspecified atom stereocenters. The average molecular weight is 303 g/mol. The molecule has 6 heteroatoms. The monoisotopic (exact) mass is 303 g/mol. The number of carbonyl (C=O) groups excluding carboxylic acids is 1. The second-order valence-electron chi connectivity index (χ2n) is 6.38. The first kappa shape index (κ1) is 16.1. The van der Waals surface area contributed by atoms with Gasteiger partial charge in [0.1, 0.15) is 5.60 Å². The van der Waals surface area contributed by atoms with Crippen LogP contribution in [0.2, 0.25) is 0 Å². The number of hydrogen-bond acceptors (Lipinski definition) is 5. The molecule has 0 radical (unpaired) electrons. The molecule has 118 valence electrons. The van der Waals surface area contributed by atoms with Gasteiger partial charge in [0.2, 0.25) is 5.88 Å². The Kier molecular flexibility index (Phi) is 4.86. The Balaban J connectivity index is 1.66. The van der Waals surface area contributed by atoms with Crippen molar-refractivity contribution in [2.75, 3.05) is 19.7 Å². The van der Waals surface area contributed by atoms with E-state index in [1.165, 1.54) is 0 Å². The normalized spacial score (nSPS) is 14.9. The Morgan fingerprint density at radius 3 is 2.86 bits per heavy atom. The highest BCUT2D eigenvalue weighted by Gasteiger charge is 2.33. The van der Waals surface area contributed by atoms with Crippen molar-refractivity contribution in [1.82, 2.24) is 9.88 Å². The predicted octanol–water partition coefficient (Wildman–Crippen LogP) is 2.59. The molecule has 2 heterocycles. The molecule has 1 fully saturated rings. The van der Waals surface area contributed by atoms with E-state index in [0.717, 1.165) is 6.42 Å². The van der Waals surface area contributed by atoms with Crippen LogP contribution >= 0.6 is 0 Å². The molecule has 0 spiro atoms. The van der Waals surface area contributed by atoms with E-state index in [1.807, 2.05) is 26.8 Å². The Bertz CT molecular complexity index is 569. The van der Waals surface area contributed by atoms with Crippen LogP contribution in [0.15, 0.2) is 18.3 Å². The van der Waals surface area contributed by atoms with E-state index < -0.39 is 5.60 Å². The lowest BCUT2D eigenvalue weighted by Crippen LogP contribution is -2.51. The van der Waals surface area contributed by atoms with Crippen molar-refractivity contribution < 1.29 is 14.3 Å². The van der Waals surface area contributed by atoms with Gasteiger partial charge in [-0.25, -0.2) is 9.78 Å². The molecule has 1 aliphatic heterocycles. The zero-order chi connectivity index (χ0) is 16.2. The van der Waals surface area contributed by atoms with Gasteiger partial charge >= 0.3 is 6.09 Å². The quantitative estimate of drug-likeness (QED) is 0.854. The van der Waals surface area contributed by atoms with Crippen molar-refractivity contribution >= 4 is 6.09 Å². The standard InChI is InChI=1S/C16H21N3O3/c1-16(2,3)22-15(20)19-10-13(11-19)5-7-21-14-8-12(9-17)4-6-18-14/h4,6,8,13H,5,7,10-11H2,1-3H3. The van der Waals surface area contributed by atoms with Crippen LogP contribution < -0.4 is 4.74 Å². The first-order valence-corrected chi connectivity index (χ1v) is 7.34. The molecule has 2 rings (SSSR count). The summed E-state index contributed by atoms with van der Waals surface area (Å²) in [4.78, 5) is 17.5. The summed E-state index contributed by atoms with van der Waals surface area (Å²) in [5, 5.41) is 8.80. The predicted molar refractivity (Wildman–Crippen MR) is 80.4 cm³/mol. The van der Waals surface area contributed by atoms with E-state index in [9.17, 15) is 4.79 Å². The molecule has 1 amide bonds. The number of hydrogen-bond donors (Lipinski definition) is 0. The molecule has 0 aromatic carbocycles. The molecule has 1 aliphatic rings. The Morgan fingerprint density at radius 1 is 1.50 bits per heavy atom. The fraction of sp³-hybridized carbons (Fsp3) is 0.562. The number of nitriles is 1. The van der Waals surface area contributed by atoms with Gasteiger partial charge in [0.05, 0.1) is 18.2 Å². The van der Waals surface area contributed by atoms with E-state index >= 15 is 0 Å². The maximum atomic E-state index is 11.8. The third-order valence-corrected chi connectivity index (χ3v) is 3.25. The minimum absolute atomic E-state index is 0.256. The van der Waals surface area contributed by atoms with Crippen LogP contribution in [0, 0.1) is 17.2 Å². The number of likely N-dealkylation sites (tertiary alicyclic amines) is 1. The van der Waals surface area contributed by atoms with Gasteiger partial charge in [-0.1, -0.05) is 0 Å². The van der Waals surface area contributed by atoms with E-state index in [0.29, 0.717) is 37.1 Å². The zero-order valence-corrected chi connectivity index (χ0v) is 13.2. The van der Waals surface area contributed by atoms with Crippen molar-refractivity contribution in [2.45, 2.75) is 32.8 Å². The zero-order valence-electron chi connectivity index (χ0n) is 13.2. The van der Waals surface area contributed by atoms with Crippen molar-refractivity contribution in [1.29, 1.82) is 5.26 Å². The molecular formula is C16H21N3O3. The van der Waals surface area contributed by atoms with Crippen LogP contribution in [0.1, 0.15) is 32.8 Å². The first-order valence-electron chi connectivity index (χ1n) is 7.34. The largest absolute Gasteiger partial charge is 0.478 e. The van der Waals surface area contributed by atoms with Crippen LogP contribution in [0.3, 0.4) is 0 Å². The lowest BCUT2D eigenvalue weighted by molar-refractivity contribution is -0.00390. The number of ether oxygens (including phenoxy) is 2. The fourth-order valence-corrected chi connectivity index (χ4v) is 2.12. The Hall–Kier alpha value is -2.29. The van der Waals surface area contributed by atoms with E-state index in [4.69, 9.17) is 14.7 Å². The minimum Gasteiger partial charge on any atom is -0.478 e. The van der Waals surface area contributed by atoms with E-state index in [-0.39, 0.29) is 6.09 Å². The third-order valence-electron chi connectivity index (χ3n) is 3.25. The summed E-state index contributed by atoms with van der Waals surface area (Å²) in [6.45, 7) is 7.50. The van der Waals surface area contributed by atoms with Gasteiger partial charge in [-0.3, -0.25) is 0 Å². The Morgan fingerprint density at radius 2 is 2.23 bits per heavy atom. The molecule has 0 atom stereocenters. The average Bonchev–Trinajstić information content (AvgIpc) is 2.39. The van der Waals surface area contributed by atoms with Gasteiger partial charge in [-0.2, -0.15) is 5.26 Å². The highest BCUT2D eigenvalue weighted by molar-refractivity contribution is 5.69. The van der Waals surface area contributed by atoms with Crippen LogP contribution in [0.4, 0.5) is 4.79 Å². The van der Waals surface area contributed by atoms with Gasteiger partial charge in [-0.15, -0.1) is 0 Å². The SMILES string of the molecule is CC(C)(C)OC(=O)N1CC(CCOc2cc(C#N)ccn2)C1. The summed E-state index contributed by atoms with van der Waals surface area (Å²) in [5.41, 5.74) is 0.0765. The van der Waals surface area contributed by atoms with Crippen molar-refractivity contribution in [3.63, 3.8) is 0 Å². The molecule has 22 heavy (non-hydrogen) atoms. The number of nitrogens with zero attached hydrogens (tertiary/aromatic N) is 3. The number of rotatable bonds is 4. The summed E-state index contributed by atoms with van der Waals surface area (Å²) in [6.07, 6.45) is 2.15. The highest BCUT2D eigenvalue weighted by atomic mass is 16.6. The van der Waals surface area contributed by atoms with Crippen LogP contribution in [0.25, 0.3) is 0 Å². The molecule has 0 aliphatic carbocycles. The molecule has 1 aromatic rings. The second-order valence-corrected chi connectivity index (χ2v) is 6.38. The lowest BCUT2D eigenvalue weighted by Gasteiger charge is -2.39. The van der Waals surface area contributed by atoms with Crippen LogP contribution in [-0.4, -0.2) is 41.3 Å². The molecule has 1 aromatic heterocycles. The summed E-state index contributed by atoms with van der Waals surface area (Å²) in [7, 11) is 0. The summed E-state index contributed by atoms with van der Waals surface area (Å²) >= 11 is 0. The van der Waals surface area contributed by atoms with Gasteiger partial charge in [0.15, 0.2) is 0 Å². The molecule has 6 nitrogen and oxygen atoms in total. The molecule has 0 saturated carbocycles. The number of amides is 1. The third kappa shape index (κ3) is 4.62. The minimum atomic E-state index is -0.456. The van der Waals surface area contributed by atoms with Crippen LogP contribution in [0.5, 0.6) is 5.88 Å². The Labute approximate surface area is 130 Å². The van der Waals surface area contributed by atoms with Gasteiger partial charge in [0, 0.05) is 25.4 Å². The maximum Gasteiger partial charge on any atom is 0.410 e. The molecule has 0 bridgehead atoms. The first-order chi connectivity index (χ1) is 10.4. The van der Waals surface area contributed by atoms with Crippen molar-refractivity contribution in [3.05, 3.63) is 23.9 Å². The van der Waals surface area contributed by atoms with Crippen molar-refractivity contribution in [2.24, 2.45) is 5.92 Å². The molecular weight excluding hydrogens is 282 g/mol. The molecule has 0 N–H and O–H groups in total. The van der Waals surface area contributed by atoms with Gasteiger partial charge in [0.25, 0.3) is 0 Å². The van der Waals surface area contributed by atoms with E-state index in [2.05, 4.69) is 4.98 Å². The highest BCUT2D eigenvalue weighted by Crippen LogP contribution is 2.22. The topological polar surface area (TPSA) is 75.4 Å². The van der Waals surface area contributed by atoms with Crippen molar-refractivity contribution in [3.8, 4) is 11.9 Å². The van der Waals surface area contributed by atoms with E-state index in [1.54, 1.807) is 23.2 Å². The number of pyridine rings is 1. The van der Waals surface area contributed by atoms with Gasteiger partial charge in [-0.05, 0) is 39.2 Å². The smallest absolute Gasteiger partial charge is 0.410 e. The summed E-state index contributed by atoms with van der Waals surface area (Å²) in [6, 6.07) is 5.30. The number of carbonyl (C=O) groups is 1. The fourth-order valence-electron chi connectivity index (χ4n) is 2.12. The summed E-state index contributed by atoms with van der Waals surface area (Å²) < 4.78 is 10.8. The summed E-state index contributed by atoms with van der Waals surface area (Å²) in [5.74, 6) is 0.883. The number of aromatic nitrogens is 1. The second kappa shape index (κ2) is 6.65.